The summed E-state index contributed by atoms with van der Waals surface area (Å²) in [5.74, 6) is -0.494. The van der Waals surface area contributed by atoms with Crippen LogP contribution in [-0.4, -0.2) is 15.6 Å². The molecule has 5 nitrogen and oxygen atoms in total. The Bertz CT molecular complexity index is 992. The number of fused-ring (bicyclic) bond motifs is 1. The van der Waals surface area contributed by atoms with Gasteiger partial charge in [-0.1, -0.05) is 24.3 Å². The highest BCUT2D eigenvalue weighted by molar-refractivity contribution is 6.05. The molecule has 1 heterocycles. The van der Waals surface area contributed by atoms with E-state index in [0.29, 0.717) is 11.3 Å². The Hall–Kier alpha value is -3.10. The lowest BCUT2D eigenvalue weighted by Gasteiger charge is -2.09. The summed E-state index contributed by atoms with van der Waals surface area (Å²) in [5.41, 5.74) is 10.7. The maximum atomic E-state index is 11.8. The number of hydrogen-bond donors (Lipinski definition) is 2. The summed E-state index contributed by atoms with van der Waals surface area (Å²) in [5, 5.41) is 19.4. The molecule has 0 atom stereocenters. The van der Waals surface area contributed by atoms with Crippen LogP contribution in [0.25, 0.3) is 22.0 Å². The summed E-state index contributed by atoms with van der Waals surface area (Å²) in [6, 6.07) is 13.2. The largest absolute Gasteiger partial charge is 0.392 e. The summed E-state index contributed by atoms with van der Waals surface area (Å²) < 4.78 is 1.78. The third-order valence-electron chi connectivity index (χ3n) is 4.35. The molecule has 0 radical (unpaired) electrons. The first-order valence-corrected chi connectivity index (χ1v) is 7.51. The highest BCUT2D eigenvalue weighted by Gasteiger charge is 2.20. The van der Waals surface area contributed by atoms with Gasteiger partial charge in [-0.15, -0.1) is 0 Å². The molecule has 0 fully saturated rings. The molecule has 0 saturated carbocycles. The molecule has 0 aliphatic heterocycles. The molecular weight excluding hydrogens is 302 g/mol. The zero-order valence-electron chi connectivity index (χ0n) is 13.5. The van der Waals surface area contributed by atoms with Crippen LogP contribution >= 0.6 is 0 Å². The van der Waals surface area contributed by atoms with E-state index < -0.39 is 5.91 Å². The molecule has 0 saturated heterocycles. The van der Waals surface area contributed by atoms with Gasteiger partial charge in [0, 0.05) is 18.0 Å². The van der Waals surface area contributed by atoms with Gasteiger partial charge < -0.3 is 15.4 Å². The molecule has 0 aliphatic rings. The number of carbonyl (C=O) groups excluding carboxylic acids is 1. The first-order chi connectivity index (χ1) is 11.5. The first-order valence-electron chi connectivity index (χ1n) is 7.51. The van der Waals surface area contributed by atoms with Crippen molar-refractivity contribution in [2.24, 2.45) is 12.8 Å². The summed E-state index contributed by atoms with van der Waals surface area (Å²) in [6.07, 6.45) is 0. The number of carbonyl (C=O) groups is 1. The van der Waals surface area contributed by atoms with Crippen LogP contribution < -0.4 is 5.73 Å². The number of nitriles is 1. The van der Waals surface area contributed by atoms with Crippen LogP contribution in [0.5, 0.6) is 0 Å². The van der Waals surface area contributed by atoms with Gasteiger partial charge in [0.1, 0.15) is 5.69 Å². The second-order valence-corrected chi connectivity index (χ2v) is 5.78. The standard InChI is InChI=1S/C19H17N3O2/c1-11-15-7-13(9-20)8-16(14-5-3-12(10-23)4-6-14)18(15)22(2)17(11)19(21)24/h3-8,23H,10H2,1-2H3,(H2,21,24). The van der Waals surface area contributed by atoms with Gasteiger partial charge in [0.15, 0.2) is 0 Å². The van der Waals surface area contributed by atoms with Gasteiger partial charge in [-0.2, -0.15) is 5.26 Å². The van der Waals surface area contributed by atoms with E-state index in [4.69, 9.17) is 5.73 Å². The molecule has 0 bridgehead atoms. The van der Waals surface area contributed by atoms with Crippen LogP contribution in [0.1, 0.15) is 27.2 Å². The fourth-order valence-electron chi connectivity index (χ4n) is 3.20. The van der Waals surface area contributed by atoms with E-state index in [1.54, 1.807) is 23.7 Å². The quantitative estimate of drug-likeness (QED) is 0.777. The number of nitrogens with two attached hydrogens (primary N) is 1. The van der Waals surface area contributed by atoms with Crippen molar-refractivity contribution in [1.29, 1.82) is 5.26 Å². The molecule has 3 N–H and O–H groups in total. The average molecular weight is 319 g/mol. The van der Waals surface area contributed by atoms with Crippen LogP contribution in [-0.2, 0) is 13.7 Å². The smallest absolute Gasteiger partial charge is 0.265 e. The number of aromatic nitrogens is 1. The molecule has 2 aromatic carbocycles. The van der Waals surface area contributed by atoms with E-state index >= 15 is 0 Å². The van der Waals surface area contributed by atoms with Crippen molar-refractivity contribution in [3.8, 4) is 17.2 Å². The van der Waals surface area contributed by atoms with Crippen molar-refractivity contribution < 1.29 is 9.90 Å². The maximum absolute atomic E-state index is 11.8. The Morgan fingerprint density at radius 3 is 2.50 bits per heavy atom. The molecular formula is C19H17N3O2. The predicted molar refractivity (Wildman–Crippen MR) is 92.2 cm³/mol. The minimum atomic E-state index is -0.494. The Labute approximate surface area is 139 Å². The van der Waals surface area contributed by atoms with Gasteiger partial charge in [0.2, 0.25) is 0 Å². The number of primary amides is 1. The fourth-order valence-corrected chi connectivity index (χ4v) is 3.20. The molecule has 1 amide bonds. The van der Waals surface area contributed by atoms with Gasteiger partial charge >= 0.3 is 0 Å². The zero-order chi connectivity index (χ0) is 17.4. The number of aryl methyl sites for hydroxylation is 2. The predicted octanol–water partition coefficient (Wildman–Crippen LogP) is 2.62. The van der Waals surface area contributed by atoms with Crippen molar-refractivity contribution in [3.63, 3.8) is 0 Å². The lowest BCUT2D eigenvalue weighted by molar-refractivity contribution is 0.0992. The zero-order valence-corrected chi connectivity index (χ0v) is 13.5. The monoisotopic (exact) mass is 319 g/mol. The van der Waals surface area contributed by atoms with Crippen molar-refractivity contribution in [3.05, 3.63) is 58.8 Å². The van der Waals surface area contributed by atoms with Gasteiger partial charge in [-0.3, -0.25) is 4.79 Å². The average Bonchev–Trinajstić information content (AvgIpc) is 2.85. The summed E-state index contributed by atoms with van der Waals surface area (Å²) in [4.78, 5) is 11.8. The van der Waals surface area contributed by atoms with Gasteiger partial charge in [-0.25, -0.2) is 0 Å². The highest BCUT2D eigenvalue weighted by atomic mass is 16.3. The Kier molecular flexibility index (Phi) is 3.84. The molecule has 0 aliphatic carbocycles. The van der Waals surface area contributed by atoms with Crippen molar-refractivity contribution in [2.75, 3.05) is 0 Å². The third kappa shape index (κ3) is 2.34. The topological polar surface area (TPSA) is 92.0 Å². The molecule has 1 aromatic heterocycles. The van der Waals surface area contributed by atoms with E-state index in [9.17, 15) is 15.2 Å². The number of rotatable bonds is 3. The van der Waals surface area contributed by atoms with E-state index in [0.717, 1.165) is 33.2 Å². The maximum Gasteiger partial charge on any atom is 0.265 e. The molecule has 3 aromatic rings. The third-order valence-corrected chi connectivity index (χ3v) is 4.35. The first kappa shape index (κ1) is 15.8. The minimum absolute atomic E-state index is 0.0248. The number of amides is 1. The van der Waals surface area contributed by atoms with E-state index in [2.05, 4.69) is 6.07 Å². The number of aliphatic hydroxyl groups excluding tert-OH is 1. The number of benzene rings is 2. The van der Waals surface area contributed by atoms with E-state index in [-0.39, 0.29) is 6.61 Å². The Balaban J connectivity index is 2.39. The van der Waals surface area contributed by atoms with Crippen molar-refractivity contribution >= 4 is 16.8 Å². The number of hydrogen-bond acceptors (Lipinski definition) is 3. The van der Waals surface area contributed by atoms with Crippen molar-refractivity contribution in [2.45, 2.75) is 13.5 Å². The lowest BCUT2D eigenvalue weighted by Crippen LogP contribution is -2.16. The minimum Gasteiger partial charge on any atom is -0.392 e. The second kappa shape index (κ2) is 5.84. The Morgan fingerprint density at radius 1 is 1.29 bits per heavy atom. The number of aliphatic hydroxyl groups is 1. The molecule has 0 unspecified atom stereocenters. The van der Waals surface area contributed by atoms with E-state index in [1.807, 2.05) is 31.2 Å². The molecule has 24 heavy (non-hydrogen) atoms. The summed E-state index contributed by atoms with van der Waals surface area (Å²) in [6.45, 7) is 1.81. The Morgan fingerprint density at radius 2 is 1.96 bits per heavy atom. The summed E-state index contributed by atoms with van der Waals surface area (Å²) >= 11 is 0. The number of nitrogens with zero attached hydrogens (tertiary/aromatic N) is 2. The van der Waals surface area contributed by atoms with Crippen molar-refractivity contribution in [1.82, 2.24) is 4.57 Å². The highest BCUT2D eigenvalue weighted by Crippen LogP contribution is 2.34. The molecule has 3 rings (SSSR count). The van der Waals surface area contributed by atoms with Crippen LogP contribution in [0.4, 0.5) is 0 Å². The fraction of sp³-hybridized carbons (Fsp3) is 0.158. The molecule has 5 heteroatoms. The van der Waals surface area contributed by atoms with Gasteiger partial charge in [0.25, 0.3) is 5.91 Å². The van der Waals surface area contributed by atoms with Crippen LogP contribution in [0, 0.1) is 18.3 Å². The van der Waals surface area contributed by atoms with Crippen LogP contribution in [0.2, 0.25) is 0 Å². The SMILES string of the molecule is Cc1c(C(N)=O)n(C)c2c(-c3ccc(CO)cc3)cc(C#N)cc12. The molecule has 120 valence electrons. The lowest BCUT2D eigenvalue weighted by atomic mass is 9.98. The van der Waals surface area contributed by atoms with E-state index in [1.165, 1.54) is 0 Å². The van der Waals surface area contributed by atoms with Gasteiger partial charge in [0.05, 0.1) is 23.8 Å². The van der Waals surface area contributed by atoms with Crippen LogP contribution in [0.15, 0.2) is 36.4 Å². The van der Waals surface area contributed by atoms with Crippen LogP contribution in [0.3, 0.4) is 0 Å². The van der Waals surface area contributed by atoms with Gasteiger partial charge in [-0.05, 0) is 35.7 Å². The second-order valence-electron chi connectivity index (χ2n) is 5.78. The normalized spacial score (nSPS) is 10.8. The molecule has 0 spiro atoms. The summed E-state index contributed by atoms with van der Waals surface area (Å²) in [7, 11) is 1.80.